The largest absolute Gasteiger partial charge is 0.360 e. The summed E-state index contributed by atoms with van der Waals surface area (Å²) in [6.07, 6.45) is 0. The fraction of sp³-hybridized carbons (Fsp3) is 0.250. The van der Waals surface area contributed by atoms with Gasteiger partial charge >= 0.3 is 0 Å². The number of aryl methyl sites for hydroxylation is 2. The Balaban J connectivity index is 1.72. The zero-order chi connectivity index (χ0) is 20.5. The van der Waals surface area contributed by atoms with E-state index in [-0.39, 0.29) is 5.82 Å². The molecule has 0 saturated heterocycles. The Labute approximate surface area is 168 Å². The topological polar surface area (TPSA) is 124 Å². The molecule has 0 unspecified atom stereocenters. The molecular weight excluding hydrogens is 428 g/mol. The van der Waals surface area contributed by atoms with E-state index in [1.807, 2.05) is 0 Å². The maximum absolute atomic E-state index is 12.1. The van der Waals surface area contributed by atoms with Crippen LogP contribution in [0.2, 0.25) is 5.02 Å². The van der Waals surface area contributed by atoms with Crippen LogP contribution in [0.15, 0.2) is 33.8 Å². The predicted molar refractivity (Wildman–Crippen MR) is 105 cm³/mol. The highest BCUT2D eigenvalue weighted by Crippen LogP contribution is 2.21. The molecule has 0 radical (unpaired) electrons. The average molecular weight is 443 g/mol. The number of hydrogen-bond acceptors (Lipinski definition) is 7. The van der Waals surface area contributed by atoms with Crippen LogP contribution in [0.1, 0.15) is 5.76 Å². The highest BCUT2D eigenvalue weighted by atomic mass is 35.5. The van der Waals surface area contributed by atoms with Gasteiger partial charge in [0.25, 0.3) is 5.91 Å². The Hall–Kier alpha value is -2.50. The summed E-state index contributed by atoms with van der Waals surface area (Å²) in [6.45, 7) is 1.63. The molecular formula is C16H15ClN4O5S2. The molecule has 148 valence electrons. The predicted octanol–water partition coefficient (Wildman–Crippen LogP) is 1.67. The minimum Gasteiger partial charge on any atom is -0.360 e. The molecule has 28 heavy (non-hydrogen) atoms. The van der Waals surface area contributed by atoms with Crippen LogP contribution in [0.4, 0.5) is 5.82 Å². The van der Waals surface area contributed by atoms with Crippen LogP contribution in [0.5, 0.6) is 0 Å². The zero-order valence-corrected chi connectivity index (χ0v) is 17.2. The smallest absolute Gasteiger partial charge is 0.263 e. The molecule has 1 N–H and O–H groups in total. The normalized spacial score (nSPS) is 12.5. The van der Waals surface area contributed by atoms with Gasteiger partial charge in [0, 0.05) is 18.1 Å². The first kappa shape index (κ1) is 20.2. The van der Waals surface area contributed by atoms with Crippen molar-refractivity contribution in [1.82, 2.24) is 9.72 Å². The number of sulfone groups is 1. The standard InChI is InChI=1S/C16H15ClN4O5S2/c1-9-5-13(20-26-9)18-14(22)7-28(24,25)8-15(23)19-16-21(2)11-4-3-10(17)6-12(11)27-16/h3-6H,7-8H2,1-2H3,(H,18,20,22). The van der Waals surface area contributed by atoms with Gasteiger partial charge < -0.3 is 14.4 Å². The SMILES string of the molecule is Cc1cc(NC(=O)CS(=O)(=O)CC(=O)N=c2sc3cc(Cl)ccc3n2C)no1. The van der Waals surface area contributed by atoms with E-state index in [2.05, 4.69) is 15.5 Å². The summed E-state index contributed by atoms with van der Waals surface area (Å²) in [5.41, 5.74) is 0.811. The molecule has 9 nitrogen and oxygen atoms in total. The van der Waals surface area contributed by atoms with E-state index in [1.165, 1.54) is 17.4 Å². The Bertz CT molecular complexity index is 1240. The quantitative estimate of drug-likeness (QED) is 0.641. The van der Waals surface area contributed by atoms with E-state index >= 15 is 0 Å². The molecule has 0 saturated carbocycles. The number of benzene rings is 1. The van der Waals surface area contributed by atoms with E-state index in [0.717, 1.165) is 10.2 Å². The van der Waals surface area contributed by atoms with Gasteiger partial charge in [-0.05, 0) is 25.1 Å². The van der Waals surface area contributed by atoms with Crippen molar-refractivity contribution in [3.8, 4) is 0 Å². The number of hydrogen-bond donors (Lipinski definition) is 1. The minimum absolute atomic E-state index is 0.102. The van der Waals surface area contributed by atoms with Crippen LogP contribution < -0.4 is 10.1 Å². The van der Waals surface area contributed by atoms with Crippen LogP contribution >= 0.6 is 22.9 Å². The summed E-state index contributed by atoms with van der Waals surface area (Å²) >= 11 is 7.16. The summed E-state index contributed by atoms with van der Waals surface area (Å²) in [7, 11) is -2.29. The van der Waals surface area contributed by atoms with Crippen LogP contribution in [-0.4, -0.2) is 41.5 Å². The Morgan fingerprint density at radius 1 is 1.32 bits per heavy atom. The second-order valence-electron chi connectivity index (χ2n) is 5.96. The van der Waals surface area contributed by atoms with Crippen molar-refractivity contribution in [3.63, 3.8) is 0 Å². The summed E-state index contributed by atoms with van der Waals surface area (Å²) in [4.78, 5) is 28.2. The van der Waals surface area contributed by atoms with Crippen molar-refractivity contribution in [3.05, 3.63) is 39.8 Å². The maximum atomic E-state index is 12.1. The van der Waals surface area contributed by atoms with Crippen LogP contribution in [0, 0.1) is 6.92 Å². The molecule has 0 aliphatic carbocycles. The van der Waals surface area contributed by atoms with E-state index in [9.17, 15) is 18.0 Å². The van der Waals surface area contributed by atoms with Crippen LogP contribution in [0.3, 0.4) is 0 Å². The highest BCUT2D eigenvalue weighted by molar-refractivity contribution is 7.92. The van der Waals surface area contributed by atoms with Crippen LogP contribution in [0.25, 0.3) is 10.2 Å². The van der Waals surface area contributed by atoms with Gasteiger partial charge in [-0.1, -0.05) is 28.1 Å². The molecule has 2 heterocycles. The van der Waals surface area contributed by atoms with Crippen molar-refractivity contribution >= 4 is 60.6 Å². The van der Waals surface area contributed by atoms with Crippen molar-refractivity contribution in [1.29, 1.82) is 0 Å². The molecule has 0 spiro atoms. The van der Waals surface area contributed by atoms with Gasteiger partial charge in [-0.15, -0.1) is 0 Å². The Morgan fingerprint density at radius 2 is 2.07 bits per heavy atom. The number of halogens is 1. The van der Waals surface area contributed by atoms with Gasteiger partial charge in [0.1, 0.15) is 17.3 Å². The van der Waals surface area contributed by atoms with Crippen molar-refractivity contribution < 1.29 is 22.5 Å². The molecule has 0 bridgehead atoms. The first-order valence-corrected chi connectivity index (χ1v) is 10.9. The van der Waals surface area contributed by atoms with Crippen molar-refractivity contribution in [2.24, 2.45) is 12.0 Å². The number of fused-ring (bicyclic) bond motifs is 1. The summed E-state index contributed by atoms with van der Waals surface area (Å²) < 4.78 is 31.5. The van der Waals surface area contributed by atoms with E-state index in [1.54, 1.807) is 36.7 Å². The summed E-state index contributed by atoms with van der Waals surface area (Å²) in [5.74, 6) is -2.86. The molecule has 0 aliphatic rings. The van der Waals surface area contributed by atoms with Crippen molar-refractivity contribution in [2.75, 3.05) is 16.8 Å². The second kappa shape index (κ2) is 7.86. The fourth-order valence-corrected chi connectivity index (χ4v) is 4.72. The van der Waals surface area contributed by atoms with Gasteiger partial charge in [0.05, 0.1) is 10.2 Å². The third-order valence-corrected chi connectivity index (χ3v) is 6.30. The van der Waals surface area contributed by atoms with Gasteiger partial charge in [0.2, 0.25) is 5.91 Å². The summed E-state index contributed by atoms with van der Waals surface area (Å²) in [5, 5.41) is 6.38. The lowest BCUT2D eigenvalue weighted by Gasteiger charge is -2.02. The number of aromatic nitrogens is 2. The van der Waals surface area contributed by atoms with E-state index in [4.69, 9.17) is 16.1 Å². The number of nitrogens with one attached hydrogen (secondary N) is 1. The number of rotatable bonds is 5. The lowest BCUT2D eigenvalue weighted by molar-refractivity contribution is -0.115. The Kier molecular flexibility index (Phi) is 5.68. The van der Waals surface area contributed by atoms with Crippen LogP contribution in [-0.2, 0) is 26.5 Å². The monoisotopic (exact) mass is 442 g/mol. The molecule has 0 fully saturated rings. The summed E-state index contributed by atoms with van der Waals surface area (Å²) in [6, 6.07) is 6.67. The maximum Gasteiger partial charge on any atom is 0.263 e. The number of nitrogens with zero attached hydrogens (tertiary/aromatic N) is 3. The molecule has 0 aliphatic heterocycles. The van der Waals surface area contributed by atoms with E-state index < -0.39 is 33.2 Å². The third-order valence-electron chi connectivity index (χ3n) is 3.58. The molecule has 3 aromatic rings. The van der Waals surface area contributed by atoms with Gasteiger partial charge in [0.15, 0.2) is 20.5 Å². The molecule has 2 amide bonds. The minimum atomic E-state index is -4.00. The molecule has 12 heteroatoms. The average Bonchev–Trinajstić information content (AvgIpc) is 3.09. The number of carbonyl (C=O) groups excluding carboxylic acids is 2. The number of amides is 2. The molecule has 3 rings (SSSR count). The molecule has 0 atom stereocenters. The van der Waals surface area contributed by atoms with Crippen molar-refractivity contribution in [2.45, 2.75) is 6.92 Å². The number of carbonyl (C=O) groups is 2. The number of thiazole rings is 1. The van der Waals surface area contributed by atoms with Gasteiger partial charge in [-0.3, -0.25) is 9.59 Å². The Morgan fingerprint density at radius 3 is 2.75 bits per heavy atom. The van der Waals surface area contributed by atoms with E-state index in [0.29, 0.717) is 15.6 Å². The lowest BCUT2D eigenvalue weighted by Crippen LogP contribution is -2.28. The first-order chi connectivity index (χ1) is 13.1. The zero-order valence-electron chi connectivity index (χ0n) is 14.8. The van der Waals surface area contributed by atoms with Gasteiger partial charge in [-0.2, -0.15) is 4.99 Å². The third kappa shape index (κ3) is 4.86. The first-order valence-electron chi connectivity index (χ1n) is 7.89. The second-order valence-corrected chi connectivity index (χ2v) is 9.47. The molecule has 2 aromatic heterocycles. The van der Waals surface area contributed by atoms with Gasteiger partial charge in [-0.25, -0.2) is 8.42 Å². The lowest BCUT2D eigenvalue weighted by atomic mass is 10.3. The fourth-order valence-electron chi connectivity index (χ4n) is 2.40. The number of anilines is 1. The highest BCUT2D eigenvalue weighted by Gasteiger charge is 2.21. The molecule has 1 aromatic carbocycles.